The lowest BCUT2D eigenvalue weighted by molar-refractivity contribution is 0.293. The number of rotatable bonds is 5. The van der Waals surface area contributed by atoms with Crippen LogP contribution in [0.15, 0.2) is 0 Å². The summed E-state index contributed by atoms with van der Waals surface area (Å²) >= 11 is 3.26. The minimum absolute atomic E-state index is 0.562. The zero-order valence-electron chi connectivity index (χ0n) is 5.87. The molecule has 0 radical (unpaired) electrons. The molecule has 0 fully saturated rings. The predicted octanol–water partition coefficient (Wildman–Crippen LogP) is 3.30. The van der Waals surface area contributed by atoms with Gasteiger partial charge < -0.3 is 0 Å². The molecule has 0 nitrogen and oxygen atoms in total. The molecule has 1 atom stereocenters. The summed E-state index contributed by atoms with van der Waals surface area (Å²) in [6, 6.07) is 0. The molecule has 56 valence electrons. The van der Waals surface area contributed by atoms with Crippen molar-refractivity contribution in [2.75, 3.05) is 5.33 Å². The van der Waals surface area contributed by atoms with Crippen LogP contribution in [0, 0.1) is 0 Å². The molecular formula is C7H14BrF. The molecule has 0 rings (SSSR count). The van der Waals surface area contributed by atoms with Crippen molar-refractivity contribution in [1.29, 1.82) is 0 Å². The first-order valence-corrected chi connectivity index (χ1v) is 4.63. The summed E-state index contributed by atoms with van der Waals surface area (Å²) in [5.41, 5.74) is 0. The van der Waals surface area contributed by atoms with Crippen LogP contribution in [0.1, 0.15) is 32.6 Å². The minimum atomic E-state index is -0.562. The molecule has 0 aliphatic rings. The number of hydrogen-bond acceptors (Lipinski definition) is 0. The van der Waals surface area contributed by atoms with Crippen LogP contribution in [-0.4, -0.2) is 11.5 Å². The van der Waals surface area contributed by atoms with E-state index in [0.29, 0.717) is 0 Å². The van der Waals surface area contributed by atoms with Crippen molar-refractivity contribution in [2.24, 2.45) is 0 Å². The Kier molecular flexibility index (Phi) is 6.83. The monoisotopic (exact) mass is 196 g/mol. The fraction of sp³-hybridized carbons (Fsp3) is 1.00. The van der Waals surface area contributed by atoms with Gasteiger partial charge in [0.1, 0.15) is 6.17 Å². The Bertz CT molecular complexity index is 56.9. The minimum Gasteiger partial charge on any atom is -0.247 e. The van der Waals surface area contributed by atoms with E-state index in [2.05, 4.69) is 15.9 Å². The van der Waals surface area contributed by atoms with Gasteiger partial charge in [-0.3, -0.25) is 0 Å². The third-order valence-corrected chi connectivity index (χ3v) is 1.81. The third kappa shape index (κ3) is 6.29. The summed E-state index contributed by atoms with van der Waals surface area (Å²) in [6.07, 6.45) is 2.81. The topological polar surface area (TPSA) is 0 Å². The highest BCUT2D eigenvalue weighted by Crippen LogP contribution is 2.09. The first kappa shape index (κ1) is 9.41. The molecule has 1 unspecified atom stereocenters. The van der Waals surface area contributed by atoms with Crippen LogP contribution in [0.25, 0.3) is 0 Å². The van der Waals surface area contributed by atoms with Crippen molar-refractivity contribution >= 4 is 15.9 Å². The zero-order chi connectivity index (χ0) is 7.11. The van der Waals surface area contributed by atoms with Crippen molar-refractivity contribution in [1.82, 2.24) is 0 Å². The summed E-state index contributed by atoms with van der Waals surface area (Å²) in [5.74, 6) is 0. The van der Waals surface area contributed by atoms with Gasteiger partial charge in [0, 0.05) is 5.33 Å². The van der Waals surface area contributed by atoms with E-state index in [1.165, 1.54) is 0 Å². The van der Waals surface area contributed by atoms with E-state index in [0.717, 1.165) is 31.0 Å². The van der Waals surface area contributed by atoms with Gasteiger partial charge in [-0.05, 0) is 19.3 Å². The Morgan fingerprint density at radius 3 is 2.56 bits per heavy atom. The molecule has 9 heavy (non-hydrogen) atoms. The molecule has 0 aromatic heterocycles. The van der Waals surface area contributed by atoms with Crippen molar-refractivity contribution < 1.29 is 4.39 Å². The largest absolute Gasteiger partial charge is 0.247 e. The Morgan fingerprint density at radius 2 is 2.11 bits per heavy atom. The van der Waals surface area contributed by atoms with E-state index in [4.69, 9.17) is 0 Å². The maximum atomic E-state index is 12.6. The fourth-order valence-corrected chi connectivity index (χ4v) is 1.08. The summed E-state index contributed by atoms with van der Waals surface area (Å²) in [5, 5.41) is 0.928. The lowest BCUT2D eigenvalue weighted by Gasteiger charge is -2.02. The van der Waals surface area contributed by atoms with E-state index in [9.17, 15) is 4.39 Å². The van der Waals surface area contributed by atoms with Crippen molar-refractivity contribution in [3.63, 3.8) is 0 Å². The SMILES string of the molecule is CCCC(F)CCCBr. The van der Waals surface area contributed by atoms with Crippen molar-refractivity contribution in [3.8, 4) is 0 Å². The van der Waals surface area contributed by atoms with Gasteiger partial charge in [-0.15, -0.1) is 0 Å². The van der Waals surface area contributed by atoms with Crippen LogP contribution in [-0.2, 0) is 0 Å². The highest BCUT2D eigenvalue weighted by atomic mass is 79.9. The Labute approximate surface area is 65.0 Å². The summed E-state index contributed by atoms with van der Waals surface area (Å²) in [6.45, 7) is 2.01. The average Bonchev–Trinajstić information content (AvgIpc) is 1.85. The predicted molar refractivity (Wildman–Crippen MR) is 42.8 cm³/mol. The van der Waals surface area contributed by atoms with E-state index >= 15 is 0 Å². The van der Waals surface area contributed by atoms with E-state index in [1.54, 1.807) is 0 Å². The van der Waals surface area contributed by atoms with E-state index in [-0.39, 0.29) is 0 Å². The van der Waals surface area contributed by atoms with Gasteiger partial charge in [-0.2, -0.15) is 0 Å². The highest BCUT2D eigenvalue weighted by Gasteiger charge is 2.02. The van der Waals surface area contributed by atoms with Gasteiger partial charge >= 0.3 is 0 Å². The van der Waals surface area contributed by atoms with Gasteiger partial charge in [0.15, 0.2) is 0 Å². The van der Waals surface area contributed by atoms with Crippen LogP contribution in [0.3, 0.4) is 0 Å². The average molecular weight is 197 g/mol. The second-order valence-electron chi connectivity index (χ2n) is 2.22. The molecule has 0 heterocycles. The van der Waals surface area contributed by atoms with Gasteiger partial charge in [-0.1, -0.05) is 29.3 Å². The van der Waals surface area contributed by atoms with Crippen LogP contribution in [0.5, 0.6) is 0 Å². The summed E-state index contributed by atoms with van der Waals surface area (Å²) in [4.78, 5) is 0. The van der Waals surface area contributed by atoms with E-state index < -0.39 is 6.17 Å². The molecule has 0 bridgehead atoms. The lowest BCUT2D eigenvalue weighted by atomic mass is 10.1. The maximum Gasteiger partial charge on any atom is 0.100 e. The molecule has 0 aliphatic heterocycles. The van der Waals surface area contributed by atoms with Crippen LogP contribution in [0.2, 0.25) is 0 Å². The first-order chi connectivity index (χ1) is 4.31. The molecular weight excluding hydrogens is 183 g/mol. The van der Waals surface area contributed by atoms with Gasteiger partial charge in [-0.25, -0.2) is 4.39 Å². The quantitative estimate of drug-likeness (QED) is 0.593. The smallest absolute Gasteiger partial charge is 0.100 e. The number of hydrogen-bond donors (Lipinski definition) is 0. The zero-order valence-corrected chi connectivity index (χ0v) is 7.45. The fourth-order valence-electron chi connectivity index (χ4n) is 0.756. The lowest BCUT2D eigenvalue weighted by Crippen LogP contribution is -1.98. The van der Waals surface area contributed by atoms with Gasteiger partial charge in [0.2, 0.25) is 0 Å². The Morgan fingerprint density at radius 1 is 1.44 bits per heavy atom. The molecule has 0 saturated heterocycles. The standard InChI is InChI=1S/C7H14BrF/c1-2-4-7(9)5-3-6-8/h7H,2-6H2,1H3. The highest BCUT2D eigenvalue weighted by molar-refractivity contribution is 9.09. The molecule has 2 heteroatoms. The van der Waals surface area contributed by atoms with Crippen LogP contribution < -0.4 is 0 Å². The van der Waals surface area contributed by atoms with Crippen LogP contribution in [0.4, 0.5) is 4.39 Å². The van der Waals surface area contributed by atoms with E-state index in [1.807, 2.05) is 6.92 Å². The second kappa shape index (κ2) is 6.53. The Hall–Kier alpha value is 0.410. The molecule has 0 aromatic carbocycles. The van der Waals surface area contributed by atoms with Crippen molar-refractivity contribution in [2.45, 2.75) is 38.8 Å². The molecule has 0 N–H and O–H groups in total. The first-order valence-electron chi connectivity index (χ1n) is 3.51. The van der Waals surface area contributed by atoms with Crippen molar-refractivity contribution in [3.05, 3.63) is 0 Å². The molecule has 0 amide bonds. The number of halogens is 2. The molecule has 0 spiro atoms. The van der Waals surface area contributed by atoms with Crippen LogP contribution >= 0.6 is 15.9 Å². The number of alkyl halides is 2. The normalized spacial score (nSPS) is 13.7. The summed E-state index contributed by atoms with van der Waals surface area (Å²) < 4.78 is 12.6. The molecule has 0 saturated carbocycles. The Balaban J connectivity index is 2.95. The maximum absolute atomic E-state index is 12.6. The molecule has 0 aromatic rings. The van der Waals surface area contributed by atoms with Gasteiger partial charge in [0.25, 0.3) is 0 Å². The summed E-state index contributed by atoms with van der Waals surface area (Å²) in [7, 11) is 0. The second-order valence-corrected chi connectivity index (χ2v) is 3.01. The van der Waals surface area contributed by atoms with Gasteiger partial charge in [0.05, 0.1) is 0 Å². The third-order valence-electron chi connectivity index (χ3n) is 1.25. The molecule has 0 aliphatic carbocycles.